The lowest BCUT2D eigenvalue weighted by atomic mass is 9.87. The molecule has 2 atom stereocenters. The van der Waals surface area contributed by atoms with Crippen LogP contribution < -0.4 is 9.80 Å². The summed E-state index contributed by atoms with van der Waals surface area (Å²) in [5.41, 5.74) is 0.542. The van der Waals surface area contributed by atoms with Gasteiger partial charge in [-0.25, -0.2) is 0 Å². The second-order valence-electron chi connectivity index (χ2n) is 16.2. The summed E-state index contributed by atoms with van der Waals surface area (Å²) in [7, 11) is 0. The van der Waals surface area contributed by atoms with Crippen LogP contribution in [0.2, 0.25) is 0 Å². The molecule has 1 aliphatic rings. The summed E-state index contributed by atoms with van der Waals surface area (Å²) in [6, 6.07) is 0.401. The van der Waals surface area contributed by atoms with Crippen LogP contribution in [0.25, 0.3) is 0 Å². The third-order valence-corrected chi connectivity index (χ3v) is 11.3. The molecule has 1 saturated heterocycles. The zero-order chi connectivity index (χ0) is 52.2. The first kappa shape index (κ1) is 56.5. The number of benzene rings is 2. The van der Waals surface area contributed by atoms with Gasteiger partial charge in [0.15, 0.2) is 0 Å². The van der Waals surface area contributed by atoms with Crippen LogP contribution in [0.15, 0.2) is 24.3 Å². The minimum absolute atomic E-state index is 0.0456. The average Bonchev–Trinajstić information content (AvgIpc) is 3.37. The third-order valence-electron chi connectivity index (χ3n) is 11.3. The molecule has 3 rings (SSSR count). The molecule has 0 saturated carbocycles. The largest absolute Gasteiger partial charge is 0.460 e. The Balaban J connectivity index is 2.37. The van der Waals surface area contributed by atoms with E-state index in [4.69, 9.17) is 0 Å². The van der Waals surface area contributed by atoms with Crippen LogP contribution in [0.4, 0.5) is 126 Å². The van der Waals surface area contributed by atoms with E-state index in [9.17, 15) is 96.6 Å². The Morgan fingerprint density at radius 2 is 0.561 bits per heavy atom. The Kier molecular flexibility index (Phi) is 14.3. The Bertz CT molecular complexity index is 1890. The standard InChI is InChI=1S/C38H36F26N2/c1-16-12-18(3)25(19(4)13-16)65-22(7)66(26-20(5)14-17(2)15-21(26)6)24(9-11-28(41,42)30(45,46)32(49,50)34(53,54)36(57,58)38(62,63)64)23(65)8-10-27(39,40)29(43,44)31(47,48)33(51,52)35(55,56)37(59,60)61/h12-15,22-24H,8-11H2,1-7H3. The zero-order valence-electron chi connectivity index (χ0n) is 34.6. The van der Waals surface area contributed by atoms with E-state index in [1.165, 1.54) is 65.8 Å². The van der Waals surface area contributed by atoms with Crippen LogP contribution >= 0.6 is 0 Å². The van der Waals surface area contributed by atoms with Gasteiger partial charge in [-0.1, -0.05) is 35.4 Å². The molecule has 1 aliphatic heterocycles. The summed E-state index contributed by atoms with van der Waals surface area (Å²) in [6.07, 6.45) is -27.2. The van der Waals surface area contributed by atoms with Crippen molar-refractivity contribution in [3.8, 4) is 0 Å². The molecule has 28 heteroatoms. The summed E-state index contributed by atoms with van der Waals surface area (Å²) in [5, 5.41) is 0. The number of aryl methyl sites for hydroxylation is 6. The van der Waals surface area contributed by atoms with Crippen molar-refractivity contribution in [3.05, 3.63) is 57.6 Å². The highest BCUT2D eigenvalue weighted by Gasteiger charge is 2.92. The van der Waals surface area contributed by atoms with Crippen molar-refractivity contribution in [2.45, 2.75) is 164 Å². The highest BCUT2D eigenvalue weighted by Crippen LogP contribution is 2.63. The molecule has 2 aromatic carbocycles. The highest BCUT2D eigenvalue weighted by atomic mass is 19.4. The molecule has 0 N–H and O–H groups in total. The Morgan fingerprint density at radius 1 is 0.348 bits per heavy atom. The molecule has 0 amide bonds. The van der Waals surface area contributed by atoms with Gasteiger partial charge in [-0.2, -0.15) is 114 Å². The van der Waals surface area contributed by atoms with Gasteiger partial charge in [0.2, 0.25) is 0 Å². The molecule has 0 spiro atoms. The number of rotatable bonds is 16. The molecular weight excluding hydrogens is 978 g/mol. The first-order valence-electron chi connectivity index (χ1n) is 18.6. The van der Waals surface area contributed by atoms with Crippen LogP contribution in [0.3, 0.4) is 0 Å². The van der Waals surface area contributed by atoms with E-state index < -0.39 is 116 Å². The molecule has 0 bridgehead atoms. The number of alkyl halides is 26. The second-order valence-corrected chi connectivity index (χ2v) is 16.2. The summed E-state index contributed by atoms with van der Waals surface area (Å²) in [6.45, 7) is 8.95. The van der Waals surface area contributed by atoms with E-state index in [2.05, 4.69) is 0 Å². The van der Waals surface area contributed by atoms with Crippen LogP contribution in [0.5, 0.6) is 0 Å². The normalized spacial score (nSPS) is 19.6. The molecule has 0 aromatic heterocycles. The summed E-state index contributed by atoms with van der Waals surface area (Å²) in [5.74, 6) is -78.9. The lowest BCUT2D eigenvalue weighted by Crippen LogP contribution is -2.70. The van der Waals surface area contributed by atoms with Crippen LogP contribution in [-0.4, -0.2) is 89.8 Å². The molecule has 1 fully saturated rings. The number of hydrogen-bond donors (Lipinski definition) is 0. The number of halogens is 26. The Labute approximate surface area is 357 Å². The van der Waals surface area contributed by atoms with E-state index in [1.807, 2.05) is 0 Å². The maximum Gasteiger partial charge on any atom is 0.460 e. The van der Waals surface area contributed by atoms with Crippen molar-refractivity contribution in [2.24, 2.45) is 0 Å². The Morgan fingerprint density at radius 3 is 0.773 bits per heavy atom. The molecule has 2 aromatic rings. The van der Waals surface area contributed by atoms with Gasteiger partial charge in [0.1, 0.15) is 0 Å². The van der Waals surface area contributed by atoms with Gasteiger partial charge in [-0.15, -0.1) is 0 Å². The number of anilines is 2. The van der Waals surface area contributed by atoms with Crippen molar-refractivity contribution >= 4 is 11.4 Å². The fourth-order valence-electron chi connectivity index (χ4n) is 8.16. The maximum atomic E-state index is 15.4. The van der Waals surface area contributed by atoms with Gasteiger partial charge in [0, 0.05) is 24.2 Å². The molecule has 2 unspecified atom stereocenters. The topological polar surface area (TPSA) is 6.48 Å². The minimum Gasteiger partial charge on any atom is -0.346 e. The van der Waals surface area contributed by atoms with E-state index in [-0.39, 0.29) is 33.6 Å². The summed E-state index contributed by atoms with van der Waals surface area (Å²) < 4.78 is 367. The van der Waals surface area contributed by atoms with Crippen molar-refractivity contribution in [1.82, 2.24) is 0 Å². The van der Waals surface area contributed by atoms with Gasteiger partial charge < -0.3 is 9.80 Å². The molecule has 2 nitrogen and oxygen atoms in total. The lowest BCUT2D eigenvalue weighted by Gasteiger charge is -2.41. The van der Waals surface area contributed by atoms with E-state index in [1.54, 1.807) is 0 Å². The van der Waals surface area contributed by atoms with E-state index in [0.29, 0.717) is 11.1 Å². The first-order valence-corrected chi connectivity index (χ1v) is 18.6. The quantitative estimate of drug-likeness (QED) is 0.155. The van der Waals surface area contributed by atoms with Crippen LogP contribution in [0, 0.1) is 41.5 Å². The Hall–Kier alpha value is -3.78. The predicted molar refractivity (Wildman–Crippen MR) is 183 cm³/mol. The summed E-state index contributed by atoms with van der Waals surface area (Å²) in [4.78, 5) is 1.66. The zero-order valence-corrected chi connectivity index (χ0v) is 34.6. The molecular formula is C38H36F26N2. The van der Waals surface area contributed by atoms with Crippen molar-refractivity contribution in [2.75, 3.05) is 9.80 Å². The van der Waals surface area contributed by atoms with Crippen LogP contribution in [-0.2, 0) is 0 Å². The number of hydrogen-bond acceptors (Lipinski definition) is 2. The predicted octanol–water partition coefficient (Wildman–Crippen LogP) is 15.0. The van der Waals surface area contributed by atoms with Gasteiger partial charge in [-0.3, -0.25) is 0 Å². The number of nitrogens with zero attached hydrogens (tertiary/aromatic N) is 2. The van der Waals surface area contributed by atoms with Crippen molar-refractivity contribution < 1.29 is 114 Å². The van der Waals surface area contributed by atoms with Crippen molar-refractivity contribution in [1.29, 1.82) is 0 Å². The smallest absolute Gasteiger partial charge is 0.346 e. The molecule has 0 radical (unpaired) electrons. The highest BCUT2D eigenvalue weighted by molar-refractivity contribution is 5.69. The SMILES string of the molecule is Cc1cc(C)c(N2C(CCC(F)(F)C(F)(F)C(F)(F)C(F)(F)C(F)(F)C(F)(F)F)C(CCC(F)(F)C(F)(F)C(F)(F)C(F)(F)C(F)(F)C(F)(F)F)N(c3c(C)cc(C)cc3C)C2C)c(C)c1. The molecule has 0 aliphatic carbocycles. The summed E-state index contributed by atoms with van der Waals surface area (Å²) >= 11 is 0. The van der Waals surface area contributed by atoms with E-state index in [0.717, 1.165) is 16.7 Å². The van der Waals surface area contributed by atoms with Gasteiger partial charge in [-0.05, 0) is 83.6 Å². The van der Waals surface area contributed by atoms with Gasteiger partial charge >= 0.3 is 71.6 Å². The van der Waals surface area contributed by atoms with Gasteiger partial charge in [0.05, 0.1) is 18.2 Å². The monoisotopic (exact) mass is 1010 g/mol. The maximum absolute atomic E-state index is 15.4. The third kappa shape index (κ3) is 8.44. The fourth-order valence-corrected chi connectivity index (χ4v) is 8.16. The molecule has 380 valence electrons. The first-order chi connectivity index (χ1) is 29.0. The lowest BCUT2D eigenvalue weighted by molar-refractivity contribution is -0.440. The molecule has 1 heterocycles. The van der Waals surface area contributed by atoms with E-state index >= 15 is 17.6 Å². The second kappa shape index (κ2) is 16.7. The van der Waals surface area contributed by atoms with Gasteiger partial charge in [0.25, 0.3) is 0 Å². The van der Waals surface area contributed by atoms with Crippen LogP contribution in [0.1, 0.15) is 66.0 Å². The fraction of sp³-hybridized carbons (Fsp3) is 0.684. The van der Waals surface area contributed by atoms with Crippen molar-refractivity contribution in [3.63, 3.8) is 0 Å². The average molecular weight is 1010 g/mol. The molecule has 66 heavy (non-hydrogen) atoms. The minimum atomic E-state index is -8.34.